The van der Waals surface area contributed by atoms with E-state index < -0.39 is 0 Å². The molecule has 6 heteroatoms. The number of methoxy groups -OCH3 is 1. The summed E-state index contributed by atoms with van der Waals surface area (Å²) in [5, 5.41) is 3.20. The van der Waals surface area contributed by atoms with Gasteiger partial charge in [0, 0.05) is 32.3 Å². The van der Waals surface area contributed by atoms with Crippen LogP contribution in [0.3, 0.4) is 0 Å². The van der Waals surface area contributed by atoms with E-state index in [9.17, 15) is 0 Å². The van der Waals surface area contributed by atoms with Crippen molar-refractivity contribution in [2.24, 2.45) is 0 Å². The second-order valence-corrected chi connectivity index (χ2v) is 5.60. The minimum Gasteiger partial charge on any atom is -0.382 e. The molecular formula is C14H24ClNO3S. The van der Waals surface area contributed by atoms with Crippen LogP contribution in [0, 0.1) is 0 Å². The zero-order chi connectivity index (χ0) is 14.5. The molecule has 0 unspecified atom stereocenters. The van der Waals surface area contributed by atoms with Crippen molar-refractivity contribution in [3.63, 3.8) is 0 Å². The van der Waals surface area contributed by atoms with E-state index in [-0.39, 0.29) is 0 Å². The number of unbranched alkanes of at least 4 members (excludes halogenated alkanes) is 1. The van der Waals surface area contributed by atoms with Crippen molar-refractivity contribution in [1.29, 1.82) is 0 Å². The second-order valence-electron chi connectivity index (χ2n) is 4.39. The molecule has 1 aromatic rings. The summed E-state index contributed by atoms with van der Waals surface area (Å²) < 4.78 is 15.8. The van der Waals surface area contributed by atoms with Gasteiger partial charge < -0.3 is 14.2 Å². The van der Waals surface area contributed by atoms with Crippen LogP contribution in [0.2, 0.25) is 0 Å². The summed E-state index contributed by atoms with van der Waals surface area (Å²) in [5.41, 5.74) is 0.983. The zero-order valence-electron chi connectivity index (χ0n) is 12.1. The van der Waals surface area contributed by atoms with Crippen molar-refractivity contribution in [3.8, 4) is 0 Å². The van der Waals surface area contributed by atoms with E-state index in [0.29, 0.717) is 19.1 Å². The number of aryl methyl sites for hydroxylation is 1. The van der Waals surface area contributed by atoms with Crippen molar-refractivity contribution in [2.75, 3.05) is 40.1 Å². The van der Waals surface area contributed by atoms with E-state index in [1.54, 1.807) is 18.4 Å². The number of rotatable bonds is 13. The minimum atomic E-state index is 0.506. The molecule has 0 aliphatic carbocycles. The molecule has 1 rings (SSSR count). The predicted molar refractivity (Wildman–Crippen MR) is 82.7 cm³/mol. The maximum absolute atomic E-state index is 5.72. The van der Waals surface area contributed by atoms with Gasteiger partial charge in [0.2, 0.25) is 0 Å². The number of hydrogen-bond donors (Lipinski definition) is 0. The van der Waals surface area contributed by atoms with Gasteiger partial charge >= 0.3 is 0 Å². The van der Waals surface area contributed by atoms with Crippen LogP contribution in [-0.2, 0) is 26.5 Å². The summed E-state index contributed by atoms with van der Waals surface area (Å²) in [4.78, 5) is 4.43. The molecule has 0 radical (unpaired) electrons. The SMILES string of the molecule is COCCOCCCOCCCCc1nc(CCl)cs1. The van der Waals surface area contributed by atoms with Crippen LogP contribution in [0.15, 0.2) is 5.38 Å². The molecule has 4 nitrogen and oxygen atoms in total. The first-order valence-corrected chi connectivity index (χ1v) is 8.42. The average molecular weight is 322 g/mol. The Morgan fingerprint density at radius 1 is 1.05 bits per heavy atom. The van der Waals surface area contributed by atoms with Crippen molar-refractivity contribution in [3.05, 3.63) is 16.1 Å². The average Bonchev–Trinajstić information content (AvgIpc) is 2.93. The summed E-state index contributed by atoms with van der Waals surface area (Å²) in [6.45, 7) is 3.63. The molecule has 0 aliphatic rings. The molecule has 0 bridgehead atoms. The molecule has 0 saturated heterocycles. The number of hydrogen-bond acceptors (Lipinski definition) is 5. The molecule has 0 amide bonds. The number of aromatic nitrogens is 1. The zero-order valence-corrected chi connectivity index (χ0v) is 13.7. The van der Waals surface area contributed by atoms with Crippen molar-refractivity contribution < 1.29 is 14.2 Å². The molecular weight excluding hydrogens is 298 g/mol. The van der Waals surface area contributed by atoms with E-state index in [4.69, 9.17) is 25.8 Å². The lowest BCUT2D eigenvalue weighted by atomic mass is 10.2. The van der Waals surface area contributed by atoms with Gasteiger partial charge in [0.1, 0.15) is 0 Å². The first-order valence-electron chi connectivity index (χ1n) is 7.00. The van der Waals surface area contributed by atoms with Crippen molar-refractivity contribution in [1.82, 2.24) is 4.98 Å². The lowest BCUT2D eigenvalue weighted by Crippen LogP contribution is -2.06. The Morgan fingerprint density at radius 3 is 2.50 bits per heavy atom. The minimum absolute atomic E-state index is 0.506. The van der Waals surface area contributed by atoms with Gasteiger partial charge in [-0.1, -0.05) is 0 Å². The van der Waals surface area contributed by atoms with Crippen molar-refractivity contribution >= 4 is 22.9 Å². The normalized spacial score (nSPS) is 11.1. The third-order valence-corrected chi connectivity index (χ3v) is 3.91. The first kappa shape index (κ1) is 17.9. The Hall–Kier alpha value is -0.200. The lowest BCUT2D eigenvalue weighted by molar-refractivity contribution is 0.0509. The molecule has 1 aromatic heterocycles. The van der Waals surface area contributed by atoms with Gasteiger partial charge in [-0.05, 0) is 25.7 Å². The van der Waals surface area contributed by atoms with E-state index >= 15 is 0 Å². The van der Waals surface area contributed by atoms with Gasteiger partial charge in [-0.2, -0.15) is 0 Å². The number of ether oxygens (including phenoxy) is 3. The molecule has 116 valence electrons. The van der Waals surface area contributed by atoms with E-state index in [0.717, 1.165) is 51.2 Å². The summed E-state index contributed by atoms with van der Waals surface area (Å²) in [6, 6.07) is 0. The first-order chi connectivity index (χ1) is 9.86. The lowest BCUT2D eigenvalue weighted by Gasteiger charge is -2.05. The van der Waals surface area contributed by atoms with Gasteiger partial charge in [0.15, 0.2) is 0 Å². The highest BCUT2D eigenvalue weighted by atomic mass is 35.5. The molecule has 0 N–H and O–H groups in total. The number of alkyl halides is 1. The third kappa shape index (κ3) is 8.87. The summed E-state index contributed by atoms with van der Waals surface area (Å²) in [7, 11) is 1.68. The van der Waals surface area contributed by atoms with Crippen LogP contribution >= 0.6 is 22.9 Å². The number of nitrogens with zero attached hydrogens (tertiary/aromatic N) is 1. The molecule has 0 aliphatic heterocycles. The maximum atomic E-state index is 5.72. The summed E-state index contributed by atoms with van der Waals surface area (Å²) >= 11 is 7.41. The Balaban J connectivity index is 1.83. The molecule has 20 heavy (non-hydrogen) atoms. The topological polar surface area (TPSA) is 40.6 Å². The molecule has 0 saturated carbocycles. The quantitative estimate of drug-likeness (QED) is 0.413. The standard InChI is InChI=1S/C14H24ClNO3S/c1-17-9-10-19-8-4-7-18-6-3-2-5-14-16-13(11-15)12-20-14/h12H,2-11H2,1H3. The molecule has 0 spiro atoms. The van der Waals surface area contributed by atoms with E-state index in [1.165, 1.54) is 5.01 Å². The number of halogens is 1. The highest BCUT2D eigenvalue weighted by Crippen LogP contribution is 2.14. The van der Waals surface area contributed by atoms with Crippen LogP contribution in [0.25, 0.3) is 0 Å². The molecule has 0 fully saturated rings. The molecule has 0 atom stereocenters. The van der Waals surface area contributed by atoms with Gasteiger partial charge in [-0.25, -0.2) is 4.98 Å². The van der Waals surface area contributed by atoms with Crippen LogP contribution in [-0.4, -0.2) is 45.1 Å². The maximum Gasteiger partial charge on any atom is 0.0928 e. The van der Waals surface area contributed by atoms with Gasteiger partial charge in [-0.15, -0.1) is 22.9 Å². The Kier molecular flexibility index (Phi) is 11.2. The fraction of sp³-hybridized carbons (Fsp3) is 0.786. The van der Waals surface area contributed by atoms with Gasteiger partial charge in [0.05, 0.1) is 29.8 Å². The fourth-order valence-electron chi connectivity index (χ4n) is 1.61. The fourth-order valence-corrected chi connectivity index (χ4v) is 2.68. The highest BCUT2D eigenvalue weighted by Gasteiger charge is 2.00. The monoisotopic (exact) mass is 321 g/mol. The van der Waals surface area contributed by atoms with E-state index in [1.807, 2.05) is 5.38 Å². The molecule has 1 heterocycles. The summed E-state index contributed by atoms with van der Waals surface area (Å²) in [6.07, 6.45) is 4.14. The smallest absolute Gasteiger partial charge is 0.0928 e. The molecule has 0 aromatic carbocycles. The van der Waals surface area contributed by atoms with Gasteiger partial charge in [-0.3, -0.25) is 0 Å². The second kappa shape index (κ2) is 12.5. The van der Waals surface area contributed by atoms with E-state index in [2.05, 4.69) is 4.98 Å². The largest absolute Gasteiger partial charge is 0.382 e. The highest BCUT2D eigenvalue weighted by molar-refractivity contribution is 7.09. The van der Waals surface area contributed by atoms with Crippen molar-refractivity contribution in [2.45, 2.75) is 31.6 Å². The van der Waals surface area contributed by atoms with Crippen LogP contribution in [0.1, 0.15) is 30.0 Å². The summed E-state index contributed by atoms with van der Waals surface area (Å²) in [5.74, 6) is 0.506. The van der Waals surface area contributed by atoms with Crippen LogP contribution < -0.4 is 0 Å². The number of thiazole rings is 1. The Morgan fingerprint density at radius 2 is 1.80 bits per heavy atom. The van der Waals surface area contributed by atoms with Crippen LogP contribution in [0.4, 0.5) is 0 Å². The van der Waals surface area contributed by atoms with Crippen LogP contribution in [0.5, 0.6) is 0 Å². The Labute approximate surface area is 130 Å². The third-order valence-electron chi connectivity index (χ3n) is 2.67. The van der Waals surface area contributed by atoms with Gasteiger partial charge in [0.25, 0.3) is 0 Å². The predicted octanol–water partition coefficient (Wildman–Crippen LogP) is 3.27. The Bertz CT molecular complexity index is 336.